The molecule has 1 aliphatic rings. The number of morpholine rings is 1. The van der Waals surface area contributed by atoms with E-state index < -0.39 is 0 Å². The van der Waals surface area contributed by atoms with Gasteiger partial charge < -0.3 is 14.4 Å². The lowest BCUT2D eigenvalue weighted by Gasteiger charge is -2.31. The average Bonchev–Trinajstić information content (AvgIpc) is 2.53. The van der Waals surface area contributed by atoms with Crippen LogP contribution in [-0.4, -0.2) is 38.3 Å². The molecule has 0 unspecified atom stereocenters. The molecule has 1 aromatic rings. The number of hydrogen-bond donors (Lipinski definition) is 0. The molecule has 1 heterocycles. The zero-order valence-electron chi connectivity index (χ0n) is 11.3. The van der Waals surface area contributed by atoms with Crippen molar-refractivity contribution in [2.24, 2.45) is 0 Å². The molecule has 5 nitrogen and oxygen atoms in total. The molecule has 20 heavy (non-hydrogen) atoms. The molecular weight excluding hydrogens is 254 g/mol. The topological polar surface area (TPSA) is 69.3 Å². The normalized spacial score (nSPS) is 14.1. The molecule has 0 aliphatic carbocycles. The Morgan fingerprint density at radius 2 is 1.75 bits per heavy atom. The number of hydrogen-bond acceptors (Lipinski definition) is 5. The van der Waals surface area contributed by atoms with Crippen molar-refractivity contribution in [2.45, 2.75) is 0 Å². The van der Waals surface area contributed by atoms with E-state index in [-0.39, 0.29) is 5.57 Å². The molecule has 5 heteroatoms. The Balaban J connectivity index is 2.43. The molecule has 0 atom stereocenters. The van der Waals surface area contributed by atoms with E-state index in [0.717, 1.165) is 11.3 Å². The van der Waals surface area contributed by atoms with Gasteiger partial charge in [-0.2, -0.15) is 10.5 Å². The van der Waals surface area contributed by atoms with Gasteiger partial charge in [0.2, 0.25) is 0 Å². The molecule has 1 saturated heterocycles. The summed E-state index contributed by atoms with van der Waals surface area (Å²) in [5, 5.41) is 18.4. The van der Waals surface area contributed by atoms with Gasteiger partial charge in [0.05, 0.1) is 26.0 Å². The molecule has 0 spiro atoms. The standard InChI is InChI=1S/C15H15N3O2/c1-19-14-4-2-12(3-5-14)15(13(10-16)11-17)18-6-8-20-9-7-18/h2-5H,6-9H2,1H3. The summed E-state index contributed by atoms with van der Waals surface area (Å²) in [6.45, 7) is 2.55. The van der Waals surface area contributed by atoms with Crippen molar-refractivity contribution in [2.75, 3.05) is 33.4 Å². The highest BCUT2D eigenvalue weighted by Crippen LogP contribution is 2.25. The van der Waals surface area contributed by atoms with Gasteiger partial charge >= 0.3 is 0 Å². The summed E-state index contributed by atoms with van der Waals surface area (Å²) in [7, 11) is 1.60. The molecule has 0 N–H and O–H groups in total. The van der Waals surface area contributed by atoms with Crippen molar-refractivity contribution in [1.82, 2.24) is 4.90 Å². The maximum absolute atomic E-state index is 9.18. The van der Waals surface area contributed by atoms with E-state index in [0.29, 0.717) is 32.0 Å². The summed E-state index contributed by atoms with van der Waals surface area (Å²) in [4.78, 5) is 2.02. The first kappa shape index (κ1) is 13.9. The van der Waals surface area contributed by atoms with Crippen LogP contribution in [0.15, 0.2) is 29.8 Å². The second-order valence-electron chi connectivity index (χ2n) is 4.28. The largest absolute Gasteiger partial charge is 0.497 e. The monoisotopic (exact) mass is 269 g/mol. The van der Waals surface area contributed by atoms with E-state index in [1.54, 1.807) is 7.11 Å². The highest BCUT2D eigenvalue weighted by Gasteiger charge is 2.19. The van der Waals surface area contributed by atoms with Gasteiger partial charge in [0.1, 0.15) is 17.9 Å². The molecule has 0 radical (unpaired) electrons. The van der Waals surface area contributed by atoms with Gasteiger partial charge in [-0.1, -0.05) is 0 Å². The number of methoxy groups -OCH3 is 1. The average molecular weight is 269 g/mol. The van der Waals surface area contributed by atoms with Crippen LogP contribution in [0.3, 0.4) is 0 Å². The molecule has 1 aromatic carbocycles. The van der Waals surface area contributed by atoms with E-state index in [2.05, 4.69) is 0 Å². The lowest BCUT2D eigenvalue weighted by atomic mass is 10.1. The van der Waals surface area contributed by atoms with Crippen LogP contribution in [0.5, 0.6) is 5.75 Å². The highest BCUT2D eigenvalue weighted by molar-refractivity contribution is 5.74. The minimum absolute atomic E-state index is 0.122. The lowest BCUT2D eigenvalue weighted by Crippen LogP contribution is -2.35. The first-order chi connectivity index (χ1) is 9.80. The van der Waals surface area contributed by atoms with Crippen LogP contribution in [0.4, 0.5) is 0 Å². The van der Waals surface area contributed by atoms with E-state index in [9.17, 15) is 10.5 Å². The fraction of sp³-hybridized carbons (Fsp3) is 0.333. The molecule has 0 saturated carbocycles. The third kappa shape index (κ3) is 2.90. The van der Waals surface area contributed by atoms with Gasteiger partial charge in [0.25, 0.3) is 0 Å². The summed E-state index contributed by atoms with van der Waals surface area (Å²) in [6, 6.07) is 11.3. The molecule has 0 aromatic heterocycles. The fourth-order valence-electron chi connectivity index (χ4n) is 2.15. The zero-order valence-corrected chi connectivity index (χ0v) is 11.3. The highest BCUT2D eigenvalue weighted by atomic mass is 16.5. The van der Waals surface area contributed by atoms with Crippen molar-refractivity contribution >= 4 is 5.70 Å². The summed E-state index contributed by atoms with van der Waals surface area (Å²) in [5.74, 6) is 0.741. The van der Waals surface area contributed by atoms with Crippen molar-refractivity contribution in [3.63, 3.8) is 0 Å². The molecule has 0 amide bonds. The second kappa shape index (κ2) is 6.60. The van der Waals surface area contributed by atoms with Gasteiger partial charge in [-0.05, 0) is 24.3 Å². The number of allylic oxidation sites excluding steroid dienone is 1. The molecule has 102 valence electrons. The van der Waals surface area contributed by atoms with Crippen molar-refractivity contribution in [3.05, 3.63) is 35.4 Å². The minimum Gasteiger partial charge on any atom is -0.497 e. The smallest absolute Gasteiger partial charge is 0.153 e. The summed E-state index contributed by atoms with van der Waals surface area (Å²) in [5.41, 5.74) is 1.63. The molecule has 1 fully saturated rings. The predicted octanol–water partition coefficient (Wildman–Crippen LogP) is 1.79. The van der Waals surface area contributed by atoms with Crippen LogP contribution in [0.1, 0.15) is 5.56 Å². The van der Waals surface area contributed by atoms with Gasteiger partial charge in [-0.15, -0.1) is 0 Å². The van der Waals surface area contributed by atoms with Crippen LogP contribution in [0.25, 0.3) is 5.70 Å². The predicted molar refractivity (Wildman–Crippen MR) is 73.5 cm³/mol. The Morgan fingerprint density at radius 1 is 1.15 bits per heavy atom. The van der Waals surface area contributed by atoms with Crippen LogP contribution < -0.4 is 4.74 Å². The summed E-state index contributed by atoms with van der Waals surface area (Å²) in [6.07, 6.45) is 0. The fourth-order valence-corrected chi connectivity index (χ4v) is 2.15. The first-order valence-electron chi connectivity index (χ1n) is 6.31. The van der Waals surface area contributed by atoms with Crippen molar-refractivity contribution in [3.8, 4) is 17.9 Å². The quantitative estimate of drug-likeness (QED) is 0.782. The Kier molecular flexibility index (Phi) is 4.60. The van der Waals surface area contributed by atoms with Gasteiger partial charge in [-0.3, -0.25) is 0 Å². The van der Waals surface area contributed by atoms with Crippen LogP contribution in [-0.2, 0) is 4.74 Å². The summed E-state index contributed by atoms with van der Waals surface area (Å²) < 4.78 is 10.4. The van der Waals surface area contributed by atoms with E-state index in [1.165, 1.54) is 0 Å². The van der Waals surface area contributed by atoms with Crippen LogP contribution >= 0.6 is 0 Å². The first-order valence-corrected chi connectivity index (χ1v) is 6.31. The van der Waals surface area contributed by atoms with Gasteiger partial charge in [-0.25, -0.2) is 0 Å². The SMILES string of the molecule is COc1ccc(C(=C(C#N)C#N)N2CCOCC2)cc1. The minimum atomic E-state index is 0.122. The van der Waals surface area contributed by atoms with Crippen molar-refractivity contribution in [1.29, 1.82) is 10.5 Å². The van der Waals surface area contributed by atoms with Gasteiger partial charge in [0.15, 0.2) is 5.57 Å². The third-order valence-corrected chi connectivity index (χ3v) is 3.15. The number of nitrogens with zero attached hydrogens (tertiary/aromatic N) is 3. The Labute approximate surface area is 118 Å². The van der Waals surface area contributed by atoms with E-state index >= 15 is 0 Å². The molecule has 1 aliphatic heterocycles. The Bertz CT molecular complexity index is 557. The third-order valence-electron chi connectivity index (χ3n) is 3.15. The van der Waals surface area contributed by atoms with E-state index in [1.807, 2.05) is 41.3 Å². The number of ether oxygens (including phenoxy) is 2. The van der Waals surface area contributed by atoms with E-state index in [4.69, 9.17) is 9.47 Å². The Morgan fingerprint density at radius 3 is 2.25 bits per heavy atom. The number of benzene rings is 1. The number of nitriles is 2. The molecular formula is C15H15N3O2. The van der Waals surface area contributed by atoms with Gasteiger partial charge in [0, 0.05) is 18.7 Å². The maximum atomic E-state index is 9.18. The second-order valence-corrected chi connectivity index (χ2v) is 4.28. The summed E-state index contributed by atoms with van der Waals surface area (Å²) >= 11 is 0. The van der Waals surface area contributed by atoms with Crippen LogP contribution in [0, 0.1) is 22.7 Å². The molecule has 2 rings (SSSR count). The Hall–Kier alpha value is -2.50. The zero-order chi connectivity index (χ0) is 14.4. The lowest BCUT2D eigenvalue weighted by molar-refractivity contribution is 0.0638. The van der Waals surface area contributed by atoms with Crippen LogP contribution in [0.2, 0.25) is 0 Å². The maximum Gasteiger partial charge on any atom is 0.153 e. The number of rotatable bonds is 3. The van der Waals surface area contributed by atoms with Crippen molar-refractivity contribution < 1.29 is 9.47 Å². The molecule has 0 bridgehead atoms.